The minimum Gasteiger partial charge on any atom is -0.491 e. The van der Waals surface area contributed by atoms with Crippen LogP contribution in [0.1, 0.15) is 19.4 Å². The average molecular weight is 394 g/mol. The van der Waals surface area contributed by atoms with Crippen molar-refractivity contribution < 1.29 is 22.3 Å². The minimum absolute atomic E-state index is 0.000833. The molecule has 146 valence electrons. The second kappa shape index (κ2) is 8.85. The number of amides is 1. The second-order valence-corrected chi connectivity index (χ2v) is 8.24. The van der Waals surface area contributed by atoms with E-state index in [0.29, 0.717) is 17.0 Å². The van der Waals surface area contributed by atoms with Crippen LogP contribution in [0.2, 0.25) is 0 Å². The molecule has 1 amide bonds. The van der Waals surface area contributed by atoms with Crippen molar-refractivity contribution in [1.82, 2.24) is 5.32 Å². The van der Waals surface area contributed by atoms with Gasteiger partial charge in [-0.1, -0.05) is 12.1 Å². The number of anilines is 1. The van der Waals surface area contributed by atoms with Crippen molar-refractivity contribution in [2.75, 3.05) is 17.1 Å². The van der Waals surface area contributed by atoms with Crippen molar-refractivity contribution in [1.29, 1.82) is 0 Å². The summed E-state index contributed by atoms with van der Waals surface area (Å²) in [7, 11) is -3.66. The van der Waals surface area contributed by atoms with Crippen molar-refractivity contribution >= 4 is 21.6 Å². The normalized spacial score (nSPS) is 11.3. The van der Waals surface area contributed by atoms with Gasteiger partial charge in [0.25, 0.3) is 0 Å². The van der Waals surface area contributed by atoms with Crippen LogP contribution in [0.25, 0.3) is 0 Å². The summed E-state index contributed by atoms with van der Waals surface area (Å²) in [5, 5.41) is 2.64. The summed E-state index contributed by atoms with van der Waals surface area (Å²) in [5.74, 6) is -0.214. The van der Waals surface area contributed by atoms with Gasteiger partial charge >= 0.3 is 0 Å². The quantitative estimate of drug-likeness (QED) is 0.747. The predicted octanol–water partition coefficient (Wildman–Crippen LogP) is 2.70. The van der Waals surface area contributed by atoms with Crippen molar-refractivity contribution in [2.45, 2.75) is 26.5 Å². The van der Waals surface area contributed by atoms with E-state index in [1.807, 2.05) is 13.8 Å². The molecular formula is C19H23FN2O4S. The van der Waals surface area contributed by atoms with Crippen LogP contribution in [0.4, 0.5) is 10.1 Å². The Labute approximate surface area is 159 Å². The Morgan fingerprint density at radius 3 is 2.22 bits per heavy atom. The third-order valence-electron chi connectivity index (χ3n) is 3.59. The van der Waals surface area contributed by atoms with Gasteiger partial charge in [0.05, 0.1) is 18.0 Å². The fraction of sp³-hybridized carbons (Fsp3) is 0.316. The molecule has 2 rings (SSSR count). The molecule has 0 radical (unpaired) electrons. The summed E-state index contributed by atoms with van der Waals surface area (Å²) in [4.78, 5) is 12.2. The maximum Gasteiger partial charge on any atom is 0.241 e. The molecule has 6 nitrogen and oxygen atoms in total. The van der Waals surface area contributed by atoms with Crippen LogP contribution in [0.5, 0.6) is 5.75 Å². The highest BCUT2D eigenvalue weighted by Gasteiger charge is 2.20. The van der Waals surface area contributed by atoms with E-state index >= 15 is 0 Å². The lowest BCUT2D eigenvalue weighted by molar-refractivity contribution is -0.119. The largest absolute Gasteiger partial charge is 0.491 e. The van der Waals surface area contributed by atoms with Gasteiger partial charge in [0.2, 0.25) is 15.9 Å². The van der Waals surface area contributed by atoms with Crippen LogP contribution in [0.3, 0.4) is 0 Å². The first-order valence-electron chi connectivity index (χ1n) is 8.41. The number of nitrogens with one attached hydrogen (secondary N) is 1. The number of hydrogen-bond acceptors (Lipinski definition) is 4. The van der Waals surface area contributed by atoms with Gasteiger partial charge in [-0.25, -0.2) is 12.8 Å². The van der Waals surface area contributed by atoms with E-state index in [4.69, 9.17) is 4.74 Å². The number of rotatable bonds is 8. The van der Waals surface area contributed by atoms with Gasteiger partial charge in [0, 0.05) is 6.54 Å². The molecule has 0 atom stereocenters. The molecule has 0 aliphatic rings. The highest BCUT2D eigenvalue weighted by Crippen LogP contribution is 2.22. The van der Waals surface area contributed by atoms with Crippen LogP contribution >= 0.6 is 0 Å². The summed E-state index contributed by atoms with van der Waals surface area (Å²) in [5.41, 5.74) is 1.08. The Morgan fingerprint density at radius 1 is 1.11 bits per heavy atom. The summed E-state index contributed by atoms with van der Waals surface area (Å²) in [6.45, 7) is 3.60. The minimum atomic E-state index is -3.66. The summed E-state index contributed by atoms with van der Waals surface area (Å²) in [6, 6.07) is 12.2. The lowest BCUT2D eigenvalue weighted by Crippen LogP contribution is -2.40. The zero-order valence-corrected chi connectivity index (χ0v) is 16.3. The Morgan fingerprint density at radius 2 is 1.70 bits per heavy atom. The van der Waals surface area contributed by atoms with E-state index in [2.05, 4.69) is 5.32 Å². The molecule has 0 aromatic heterocycles. The van der Waals surface area contributed by atoms with Gasteiger partial charge in [-0.05, 0) is 55.8 Å². The Kier molecular flexibility index (Phi) is 6.79. The summed E-state index contributed by atoms with van der Waals surface area (Å²) in [6.07, 6.45) is 1.04. The molecule has 0 saturated carbocycles. The van der Waals surface area contributed by atoms with E-state index in [1.54, 1.807) is 36.4 Å². The molecule has 8 heteroatoms. The molecule has 0 spiro atoms. The van der Waals surface area contributed by atoms with E-state index in [1.165, 1.54) is 12.1 Å². The number of carbonyl (C=O) groups is 1. The van der Waals surface area contributed by atoms with Crippen molar-refractivity contribution in [3.63, 3.8) is 0 Å². The molecule has 2 aromatic rings. The fourth-order valence-corrected chi connectivity index (χ4v) is 3.21. The number of carbonyl (C=O) groups excluding carboxylic acids is 1. The van der Waals surface area contributed by atoms with Gasteiger partial charge in [0.1, 0.15) is 18.1 Å². The standard InChI is InChI=1S/C19H23FN2O4S/c1-14(2)26-18-10-8-17(9-11-18)22(27(3,24)25)13-19(23)21-12-15-4-6-16(20)7-5-15/h4-11,14H,12-13H2,1-3H3,(H,21,23). The highest BCUT2D eigenvalue weighted by atomic mass is 32.2. The van der Waals surface area contributed by atoms with E-state index in [-0.39, 0.29) is 25.0 Å². The molecule has 0 unspecified atom stereocenters. The lowest BCUT2D eigenvalue weighted by Gasteiger charge is -2.22. The number of nitrogens with zero attached hydrogens (tertiary/aromatic N) is 1. The zero-order chi connectivity index (χ0) is 20.0. The first-order valence-corrected chi connectivity index (χ1v) is 10.3. The van der Waals surface area contributed by atoms with Crippen LogP contribution in [0, 0.1) is 5.82 Å². The molecule has 0 fully saturated rings. The number of halogens is 1. The molecule has 0 saturated heterocycles. The van der Waals surface area contributed by atoms with Crippen LogP contribution < -0.4 is 14.4 Å². The SMILES string of the molecule is CC(C)Oc1ccc(N(CC(=O)NCc2ccc(F)cc2)S(C)(=O)=O)cc1. The number of sulfonamides is 1. The number of hydrogen-bond donors (Lipinski definition) is 1. The average Bonchev–Trinajstić information content (AvgIpc) is 2.58. The van der Waals surface area contributed by atoms with Crippen molar-refractivity contribution in [3.05, 3.63) is 59.9 Å². The Bertz CT molecular complexity index is 866. The van der Waals surface area contributed by atoms with E-state index < -0.39 is 15.9 Å². The predicted molar refractivity (Wildman–Crippen MR) is 103 cm³/mol. The molecule has 0 heterocycles. The molecule has 2 aromatic carbocycles. The van der Waals surface area contributed by atoms with Crippen LogP contribution in [-0.4, -0.2) is 33.2 Å². The van der Waals surface area contributed by atoms with Gasteiger partial charge in [-0.2, -0.15) is 0 Å². The lowest BCUT2D eigenvalue weighted by atomic mass is 10.2. The van der Waals surface area contributed by atoms with E-state index in [0.717, 1.165) is 10.6 Å². The summed E-state index contributed by atoms with van der Waals surface area (Å²) >= 11 is 0. The molecule has 1 N–H and O–H groups in total. The fourth-order valence-electron chi connectivity index (χ4n) is 2.35. The first kappa shape index (κ1) is 20.7. The molecule has 27 heavy (non-hydrogen) atoms. The van der Waals surface area contributed by atoms with Gasteiger partial charge in [-0.15, -0.1) is 0 Å². The van der Waals surface area contributed by atoms with Gasteiger partial charge in [0.15, 0.2) is 0 Å². The third-order valence-corrected chi connectivity index (χ3v) is 4.73. The third kappa shape index (κ3) is 6.56. The van der Waals surface area contributed by atoms with Gasteiger partial charge in [-0.3, -0.25) is 9.10 Å². The van der Waals surface area contributed by atoms with E-state index in [9.17, 15) is 17.6 Å². The Hall–Kier alpha value is -2.61. The molecule has 0 aliphatic heterocycles. The molecule has 0 bridgehead atoms. The summed E-state index contributed by atoms with van der Waals surface area (Å²) < 4.78 is 43.7. The maximum absolute atomic E-state index is 12.9. The van der Waals surface area contributed by atoms with Gasteiger partial charge < -0.3 is 10.1 Å². The smallest absolute Gasteiger partial charge is 0.241 e. The molecular weight excluding hydrogens is 371 g/mol. The number of ether oxygens (including phenoxy) is 1. The number of benzene rings is 2. The zero-order valence-electron chi connectivity index (χ0n) is 15.5. The van der Waals surface area contributed by atoms with Crippen LogP contribution in [0.15, 0.2) is 48.5 Å². The van der Waals surface area contributed by atoms with Crippen molar-refractivity contribution in [2.24, 2.45) is 0 Å². The first-order chi connectivity index (χ1) is 12.6. The second-order valence-electron chi connectivity index (χ2n) is 6.33. The molecule has 0 aliphatic carbocycles. The maximum atomic E-state index is 12.9. The topological polar surface area (TPSA) is 75.7 Å². The monoisotopic (exact) mass is 394 g/mol. The van der Waals surface area contributed by atoms with Crippen molar-refractivity contribution in [3.8, 4) is 5.75 Å². The Balaban J connectivity index is 2.05. The highest BCUT2D eigenvalue weighted by molar-refractivity contribution is 7.92. The van der Waals surface area contributed by atoms with Crippen LogP contribution in [-0.2, 0) is 21.4 Å².